The summed E-state index contributed by atoms with van der Waals surface area (Å²) in [6, 6.07) is 7.55. The van der Waals surface area contributed by atoms with E-state index in [-0.39, 0.29) is 6.04 Å². The third kappa shape index (κ3) is 3.06. The lowest BCUT2D eigenvalue weighted by Crippen LogP contribution is -2.13. The minimum absolute atomic E-state index is 0.0802. The van der Waals surface area contributed by atoms with Gasteiger partial charge in [0.1, 0.15) is 5.82 Å². The van der Waals surface area contributed by atoms with Gasteiger partial charge in [-0.3, -0.25) is 0 Å². The van der Waals surface area contributed by atoms with E-state index in [9.17, 15) is 0 Å². The van der Waals surface area contributed by atoms with Crippen LogP contribution in [0.5, 0.6) is 0 Å². The minimum atomic E-state index is -0.0802. The van der Waals surface area contributed by atoms with Crippen LogP contribution < -0.4 is 5.73 Å². The Balaban J connectivity index is 2.22. The van der Waals surface area contributed by atoms with Crippen molar-refractivity contribution in [3.8, 4) is 11.1 Å². The molecule has 2 N–H and O–H groups in total. The Morgan fingerprint density at radius 2 is 1.94 bits per heavy atom. The summed E-state index contributed by atoms with van der Waals surface area (Å²) in [7, 11) is 0. The van der Waals surface area contributed by atoms with Crippen molar-refractivity contribution < 1.29 is 0 Å². The lowest BCUT2D eigenvalue weighted by Gasteiger charge is -2.09. The molecule has 1 unspecified atom stereocenters. The molecule has 0 radical (unpaired) electrons. The standard InChI is InChI=1S/C14H16ClN3/c1-2-4-13(16)14-17-8-11(9-18-14)10-5-3-6-12(15)7-10/h3,5-9,13H,2,4,16H2,1H3. The van der Waals surface area contributed by atoms with Crippen LogP contribution in [0.25, 0.3) is 11.1 Å². The summed E-state index contributed by atoms with van der Waals surface area (Å²) in [4.78, 5) is 8.65. The minimum Gasteiger partial charge on any atom is -0.321 e. The highest BCUT2D eigenvalue weighted by Gasteiger charge is 2.08. The van der Waals surface area contributed by atoms with Crippen molar-refractivity contribution in [2.24, 2.45) is 5.73 Å². The first kappa shape index (κ1) is 13.0. The molecule has 0 aliphatic heterocycles. The van der Waals surface area contributed by atoms with E-state index in [0.717, 1.165) is 24.0 Å². The molecule has 2 aromatic rings. The average molecular weight is 262 g/mol. The molecule has 1 aromatic heterocycles. The quantitative estimate of drug-likeness (QED) is 0.915. The molecule has 0 saturated heterocycles. The molecule has 0 amide bonds. The predicted molar refractivity (Wildman–Crippen MR) is 74.3 cm³/mol. The molecule has 1 aromatic carbocycles. The van der Waals surface area contributed by atoms with Crippen molar-refractivity contribution in [2.75, 3.05) is 0 Å². The van der Waals surface area contributed by atoms with E-state index >= 15 is 0 Å². The number of benzene rings is 1. The van der Waals surface area contributed by atoms with Crippen LogP contribution in [0.2, 0.25) is 5.02 Å². The summed E-state index contributed by atoms with van der Waals surface area (Å²) in [5.41, 5.74) is 7.93. The van der Waals surface area contributed by atoms with Gasteiger partial charge < -0.3 is 5.73 Å². The van der Waals surface area contributed by atoms with Gasteiger partial charge in [-0.25, -0.2) is 9.97 Å². The smallest absolute Gasteiger partial charge is 0.144 e. The van der Waals surface area contributed by atoms with Gasteiger partial charge in [-0.2, -0.15) is 0 Å². The van der Waals surface area contributed by atoms with Gasteiger partial charge in [0, 0.05) is 23.0 Å². The van der Waals surface area contributed by atoms with Crippen LogP contribution in [0.1, 0.15) is 31.6 Å². The van der Waals surface area contributed by atoms with Gasteiger partial charge in [0.2, 0.25) is 0 Å². The zero-order valence-corrected chi connectivity index (χ0v) is 11.1. The Bertz CT molecular complexity index is 511. The largest absolute Gasteiger partial charge is 0.321 e. The number of nitrogens with two attached hydrogens (primary N) is 1. The fourth-order valence-electron chi connectivity index (χ4n) is 1.79. The van der Waals surface area contributed by atoms with E-state index in [1.165, 1.54) is 0 Å². The second-order valence-electron chi connectivity index (χ2n) is 4.24. The number of rotatable bonds is 4. The summed E-state index contributed by atoms with van der Waals surface area (Å²) in [6.45, 7) is 2.10. The molecule has 2 rings (SSSR count). The van der Waals surface area contributed by atoms with Gasteiger partial charge in [-0.15, -0.1) is 0 Å². The highest BCUT2D eigenvalue weighted by molar-refractivity contribution is 6.30. The van der Waals surface area contributed by atoms with Crippen LogP contribution in [0.15, 0.2) is 36.7 Å². The third-order valence-electron chi connectivity index (χ3n) is 2.76. The van der Waals surface area contributed by atoms with E-state index in [4.69, 9.17) is 17.3 Å². The molecular formula is C14H16ClN3. The second kappa shape index (κ2) is 5.94. The lowest BCUT2D eigenvalue weighted by atomic mass is 10.1. The van der Waals surface area contributed by atoms with Crippen molar-refractivity contribution in [3.63, 3.8) is 0 Å². The number of aromatic nitrogens is 2. The number of hydrogen-bond acceptors (Lipinski definition) is 3. The van der Waals surface area contributed by atoms with Crippen molar-refractivity contribution in [1.29, 1.82) is 0 Å². The molecule has 0 bridgehead atoms. The van der Waals surface area contributed by atoms with Crippen molar-refractivity contribution in [3.05, 3.63) is 47.5 Å². The average Bonchev–Trinajstić information content (AvgIpc) is 2.39. The maximum absolute atomic E-state index is 5.97. The van der Waals surface area contributed by atoms with Crippen molar-refractivity contribution in [2.45, 2.75) is 25.8 Å². The molecule has 1 atom stereocenters. The molecule has 3 nitrogen and oxygen atoms in total. The van der Waals surface area contributed by atoms with Crippen LogP contribution in [-0.2, 0) is 0 Å². The van der Waals surface area contributed by atoms with Gasteiger partial charge in [-0.1, -0.05) is 37.1 Å². The topological polar surface area (TPSA) is 51.8 Å². The normalized spacial score (nSPS) is 12.4. The number of nitrogens with zero attached hydrogens (tertiary/aromatic N) is 2. The van der Waals surface area contributed by atoms with E-state index in [2.05, 4.69) is 16.9 Å². The van der Waals surface area contributed by atoms with Crippen molar-refractivity contribution >= 4 is 11.6 Å². The molecule has 1 heterocycles. The summed E-state index contributed by atoms with van der Waals surface area (Å²) in [5.74, 6) is 0.697. The van der Waals surface area contributed by atoms with Gasteiger partial charge >= 0.3 is 0 Å². The second-order valence-corrected chi connectivity index (χ2v) is 4.67. The SMILES string of the molecule is CCCC(N)c1ncc(-c2cccc(Cl)c2)cn1. The molecular weight excluding hydrogens is 246 g/mol. The number of hydrogen-bond donors (Lipinski definition) is 1. The Labute approximate surface area is 112 Å². The van der Waals surface area contributed by atoms with E-state index in [1.54, 1.807) is 12.4 Å². The Morgan fingerprint density at radius 1 is 1.22 bits per heavy atom. The monoisotopic (exact) mass is 261 g/mol. The highest BCUT2D eigenvalue weighted by Crippen LogP contribution is 2.22. The molecule has 0 aliphatic carbocycles. The molecule has 4 heteroatoms. The Kier molecular flexibility index (Phi) is 4.28. The van der Waals surface area contributed by atoms with Crippen LogP contribution in [0.4, 0.5) is 0 Å². The maximum atomic E-state index is 5.97. The van der Waals surface area contributed by atoms with Gasteiger partial charge in [0.15, 0.2) is 0 Å². The van der Waals surface area contributed by atoms with Gasteiger partial charge in [0.25, 0.3) is 0 Å². The zero-order chi connectivity index (χ0) is 13.0. The molecule has 0 spiro atoms. The molecule has 94 valence electrons. The molecule has 18 heavy (non-hydrogen) atoms. The fraction of sp³-hybridized carbons (Fsp3) is 0.286. The van der Waals surface area contributed by atoms with Gasteiger partial charge in [-0.05, 0) is 24.1 Å². The molecule has 0 saturated carbocycles. The van der Waals surface area contributed by atoms with E-state index in [1.807, 2.05) is 24.3 Å². The zero-order valence-electron chi connectivity index (χ0n) is 10.3. The molecule has 0 aliphatic rings. The first-order valence-electron chi connectivity index (χ1n) is 6.04. The maximum Gasteiger partial charge on any atom is 0.144 e. The summed E-state index contributed by atoms with van der Waals surface area (Å²) in [6.07, 6.45) is 5.52. The molecule has 0 fully saturated rings. The van der Waals surface area contributed by atoms with Crippen LogP contribution in [0, 0.1) is 0 Å². The summed E-state index contributed by atoms with van der Waals surface area (Å²) in [5, 5.41) is 0.708. The fourth-order valence-corrected chi connectivity index (χ4v) is 1.98. The first-order chi connectivity index (χ1) is 8.70. The number of halogens is 1. The van der Waals surface area contributed by atoms with E-state index in [0.29, 0.717) is 10.8 Å². The van der Waals surface area contributed by atoms with E-state index < -0.39 is 0 Å². The Hall–Kier alpha value is -1.45. The van der Waals surface area contributed by atoms with Crippen molar-refractivity contribution in [1.82, 2.24) is 9.97 Å². The van der Waals surface area contributed by atoms with Crippen LogP contribution in [0.3, 0.4) is 0 Å². The lowest BCUT2D eigenvalue weighted by molar-refractivity contribution is 0.602. The van der Waals surface area contributed by atoms with Crippen LogP contribution >= 0.6 is 11.6 Å². The van der Waals surface area contributed by atoms with Crippen LogP contribution in [-0.4, -0.2) is 9.97 Å². The third-order valence-corrected chi connectivity index (χ3v) is 3.00. The summed E-state index contributed by atoms with van der Waals surface area (Å²) >= 11 is 5.96. The predicted octanol–water partition coefficient (Wildman–Crippen LogP) is 3.60. The first-order valence-corrected chi connectivity index (χ1v) is 6.42. The summed E-state index contributed by atoms with van der Waals surface area (Å²) < 4.78 is 0. The Morgan fingerprint density at radius 3 is 2.56 bits per heavy atom. The van der Waals surface area contributed by atoms with Gasteiger partial charge in [0.05, 0.1) is 6.04 Å². The highest BCUT2D eigenvalue weighted by atomic mass is 35.5.